The highest BCUT2D eigenvalue weighted by atomic mass is 15.3. The van der Waals surface area contributed by atoms with Crippen LogP contribution in [-0.2, 0) is 13.5 Å². The molecule has 3 heteroatoms. The normalized spacial score (nSPS) is 18.5. The molecule has 0 saturated heterocycles. The zero-order chi connectivity index (χ0) is 11.7. The van der Waals surface area contributed by atoms with Crippen molar-refractivity contribution in [3.8, 4) is 0 Å². The van der Waals surface area contributed by atoms with Gasteiger partial charge in [0, 0.05) is 18.8 Å². The van der Waals surface area contributed by atoms with E-state index in [1.807, 2.05) is 11.7 Å². The average molecular weight is 221 g/mol. The van der Waals surface area contributed by atoms with Crippen LogP contribution in [0.4, 0.5) is 0 Å². The fourth-order valence-corrected chi connectivity index (χ4v) is 2.68. The molecule has 1 aliphatic rings. The molecule has 90 valence electrons. The minimum atomic E-state index is 0.635. The summed E-state index contributed by atoms with van der Waals surface area (Å²) in [5.41, 5.74) is 3.95. The minimum Gasteiger partial charge on any atom is -0.316 e. The molecule has 1 heterocycles. The highest BCUT2D eigenvalue weighted by Crippen LogP contribution is 2.31. The Hall–Kier alpha value is -0.830. The number of hydrogen-bond acceptors (Lipinski definition) is 2. The van der Waals surface area contributed by atoms with E-state index in [4.69, 9.17) is 0 Å². The molecule has 1 N–H and O–H groups in total. The molecule has 3 nitrogen and oxygen atoms in total. The van der Waals surface area contributed by atoms with Crippen molar-refractivity contribution in [2.75, 3.05) is 7.05 Å². The first-order valence-electron chi connectivity index (χ1n) is 6.29. The van der Waals surface area contributed by atoms with Gasteiger partial charge in [-0.1, -0.05) is 6.42 Å². The van der Waals surface area contributed by atoms with Crippen molar-refractivity contribution in [2.24, 2.45) is 13.0 Å². The van der Waals surface area contributed by atoms with Gasteiger partial charge in [0.2, 0.25) is 0 Å². The number of nitrogens with zero attached hydrogens (tertiary/aromatic N) is 2. The summed E-state index contributed by atoms with van der Waals surface area (Å²) in [4.78, 5) is 0. The maximum atomic E-state index is 4.49. The molecule has 0 bridgehead atoms. The Morgan fingerprint density at radius 1 is 1.44 bits per heavy atom. The lowest BCUT2D eigenvalue weighted by Gasteiger charge is -2.33. The zero-order valence-corrected chi connectivity index (χ0v) is 10.9. The average Bonchev–Trinajstić information content (AvgIpc) is 2.40. The number of rotatable bonds is 4. The Morgan fingerprint density at radius 2 is 2.12 bits per heavy atom. The van der Waals surface area contributed by atoms with Crippen LogP contribution in [-0.4, -0.2) is 22.9 Å². The quantitative estimate of drug-likeness (QED) is 0.842. The van der Waals surface area contributed by atoms with Crippen molar-refractivity contribution in [1.82, 2.24) is 15.1 Å². The summed E-state index contributed by atoms with van der Waals surface area (Å²) in [5, 5.41) is 7.97. The van der Waals surface area contributed by atoms with Crippen LogP contribution in [0, 0.1) is 19.8 Å². The second-order valence-corrected chi connectivity index (χ2v) is 5.06. The standard InChI is InChI=1S/C13H23N3/c1-9-12(10(2)16(4)15-9)8-13(14-3)11-6-5-7-11/h11,13-14H,5-8H2,1-4H3. The lowest BCUT2D eigenvalue weighted by atomic mass is 9.77. The van der Waals surface area contributed by atoms with Gasteiger partial charge in [-0.15, -0.1) is 0 Å². The summed E-state index contributed by atoms with van der Waals surface area (Å²) >= 11 is 0. The van der Waals surface area contributed by atoms with Crippen molar-refractivity contribution >= 4 is 0 Å². The fourth-order valence-electron chi connectivity index (χ4n) is 2.68. The zero-order valence-electron chi connectivity index (χ0n) is 10.9. The number of hydrogen-bond donors (Lipinski definition) is 1. The number of aryl methyl sites for hydroxylation is 2. The Morgan fingerprint density at radius 3 is 2.50 bits per heavy atom. The molecule has 0 aromatic carbocycles. The van der Waals surface area contributed by atoms with E-state index in [-0.39, 0.29) is 0 Å². The molecule has 16 heavy (non-hydrogen) atoms. The van der Waals surface area contributed by atoms with Gasteiger partial charge in [0.15, 0.2) is 0 Å². The van der Waals surface area contributed by atoms with Gasteiger partial charge in [-0.25, -0.2) is 0 Å². The van der Waals surface area contributed by atoms with Gasteiger partial charge in [0.25, 0.3) is 0 Å². The molecule has 1 unspecified atom stereocenters. The van der Waals surface area contributed by atoms with E-state index in [1.165, 1.54) is 36.2 Å². The van der Waals surface area contributed by atoms with E-state index in [9.17, 15) is 0 Å². The van der Waals surface area contributed by atoms with Gasteiger partial charge in [-0.3, -0.25) is 4.68 Å². The smallest absolute Gasteiger partial charge is 0.0628 e. The third kappa shape index (κ3) is 2.01. The first-order chi connectivity index (χ1) is 7.63. The van der Waals surface area contributed by atoms with Crippen LogP contribution >= 0.6 is 0 Å². The summed E-state index contributed by atoms with van der Waals surface area (Å²) in [6, 6.07) is 0.635. The third-order valence-electron chi connectivity index (χ3n) is 4.17. The van der Waals surface area contributed by atoms with Crippen LogP contribution in [0.25, 0.3) is 0 Å². The fraction of sp³-hybridized carbons (Fsp3) is 0.769. The van der Waals surface area contributed by atoms with Crippen LogP contribution in [0.1, 0.15) is 36.2 Å². The van der Waals surface area contributed by atoms with E-state index < -0.39 is 0 Å². The van der Waals surface area contributed by atoms with Crippen molar-refractivity contribution in [1.29, 1.82) is 0 Å². The molecule has 1 aromatic rings. The molecule has 1 fully saturated rings. The SMILES string of the molecule is CNC(Cc1c(C)nn(C)c1C)C1CCC1. The van der Waals surface area contributed by atoms with E-state index >= 15 is 0 Å². The summed E-state index contributed by atoms with van der Waals surface area (Å²) < 4.78 is 2.00. The van der Waals surface area contributed by atoms with Gasteiger partial charge in [0.05, 0.1) is 5.69 Å². The van der Waals surface area contributed by atoms with Gasteiger partial charge in [-0.05, 0) is 51.6 Å². The highest BCUT2D eigenvalue weighted by molar-refractivity contribution is 5.25. The predicted octanol–water partition coefficient (Wildman–Crippen LogP) is 1.97. The van der Waals surface area contributed by atoms with Crippen LogP contribution in [0.15, 0.2) is 0 Å². The summed E-state index contributed by atoms with van der Waals surface area (Å²) in [7, 11) is 4.12. The van der Waals surface area contributed by atoms with Crippen LogP contribution in [0.5, 0.6) is 0 Å². The lowest BCUT2D eigenvalue weighted by Crippen LogP contribution is -2.39. The number of aromatic nitrogens is 2. The molecule has 0 amide bonds. The largest absolute Gasteiger partial charge is 0.316 e. The van der Waals surface area contributed by atoms with Crippen molar-refractivity contribution in [2.45, 2.75) is 45.6 Å². The lowest BCUT2D eigenvalue weighted by molar-refractivity contribution is 0.235. The van der Waals surface area contributed by atoms with E-state index in [0.29, 0.717) is 6.04 Å². The van der Waals surface area contributed by atoms with Crippen molar-refractivity contribution < 1.29 is 0 Å². The maximum Gasteiger partial charge on any atom is 0.0628 e. The molecule has 1 saturated carbocycles. The van der Waals surface area contributed by atoms with Gasteiger partial charge in [-0.2, -0.15) is 5.10 Å². The van der Waals surface area contributed by atoms with Gasteiger partial charge in [0.1, 0.15) is 0 Å². The van der Waals surface area contributed by atoms with Crippen LogP contribution < -0.4 is 5.32 Å². The van der Waals surface area contributed by atoms with E-state index in [2.05, 4.69) is 31.3 Å². The monoisotopic (exact) mass is 221 g/mol. The van der Waals surface area contributed by atoms with Crippen LogP contribution in [0.3, 0.4) is 0 Å². The maximum absolute atomic E-state index is 4.49. The molecule has 1 aliphatic carbocycles. The Kier molecular flexibility index (Phi) is 3.33. The molecule has 0 radical (unpaired) electrons. The van der Waals surface area contributed by atoms with Crippen molar-refractivity contribution in [3.63, 3.8) is 0 Å². The van der Waals surface area contributed by atoms with E-state index in [1.54, 1.807) is 0 Å². The second kappa shape index (κ2) is 4.58. The summed E-state index contributed by atoms with van der Waals surface area (Å²) in [6.07, 6.45) is 5.33. The topological polar surface area (TPSA) is 29.9 Å². The van der Waals surface area contributed by atoms with Gasteiger partial charge >= 0.3 is 0 Å². The predicted molar refractivity (Wildman–Crippen MR) is 66.6 cm³/mol. The molecule has 1 aromatic heterocycles. The highest BCUT2D eigenvalue weighted by Gasteiger charge is 2.27. The third-order valence-corrected chi connectivity index (χ3v) is 4.17. The molecular formula is C13H23N3. The van der Waals surface area contributed by atoms with Crippen molar-refractivity contribution in [3.05, 3.63) is 17.0 Å². The summed E-state index contributed by atoms with van der Waals surface area (Å²) in [6.45, 7) is 4.29. The Balaban J connectivity index is 2.11. The Bertz CT molecular complexity index is 363. The second-order valence-electron chi connectivity index (χ2n) is 5.06. The minimum absolute atomic E-state index is 0.635. The van der Waals surface area contributed by atoms with E-state index in [0.717, 1.165) is 12.3 Å². The molecule has 2 rings (SSSR count). The summed E-state index contributed by atoms with van der Waals surface area (Å²) in [5.74, 6) is 0.879. The first kappa shape index (κ1) is 11.6. The molecule has 0 aliphatic heterocycles. The van der Waals surface area contributed by atoms with Crippen LogP contribution in [0.2, 0.25) is 0 Å². The molecular weight excluding hydrogens is 198 g/mol. The number of likely N-dealkylation sites (N-methyl/N-ethyl adjacent to an activating group) is 1. The Labute approximate surface area is 98.2 Å². The molecule has 0 spiro atoms. The van der Waals surface area contributed by atoms with Gasteiger partial charge < -0.3 is 5.32 Å². The first-order valence-corrected chi connectivity index (χ1v) is 6.29. The molecule has 1 atom stereocenters. The number of nitrogens with one attached hydrogen (secondary N) is 1.